The van der Waals surface area contributed by atoms with Crippen molar-refractivity contribution in [1.29, 1.82) is 0 Å². The maximum absolute atomic E-state index is 13.5. The molecule has 0 aromatic rings. The first-order chi connectivity index (χ1) is 7.60. The molecule has 0 aromatic heterocycles. The van der Waals surface area contributed by atoms with E-state index in [9.17, 15) is 4.39 Å². The Balaban J connectivity index is 3.25. The predicted octanol–water partition coefficient (Wildman–Crippen LogP) is 4.68. The molecular weight excluding hydrogens is 211 g/mol. The lowest BCUT2D eigenvalue weighted by atomic mass is 9.78. The van der Waals surface area contributed by atoms with Gasteiger partial charge in [-0.25, -0.2) is 4.39 Å². The topological polar surface area (TPSA) is 0 Å². The van der Waals surface area contributed by atoms with Crippen molar-refractivity contribution < 1.29 is 4.39 Å². The summed E-state index contributed by atoms with van der Waals surface area (Å²) in [5.74, 6) is 5.58. The second-order valence-electron chi connectivity index (χ2n) is 6.69. The molecule has 0 saturated heterocycles. The fourth-order valence-electron chi connectivity index (χ4n) is 1.68. The van der Waals surface area contributed by atoms with Gasteiger partial charge in [0.15, 0.2) is 6.17 Å². The van der Waals surface area contributed by atoms with Crippen molar-refractivity contribution in [1.82, 2.24) is 0 Å². The Hall–Kier alpha value is -1.03. The molecule has 0 N–H and O–H groups in total. The van der Waals surface area contributed by atoms with Gasteiger partial charge in [-0.3, -0.25) is 0 Å². The van der Waals surface area contributed by atoms with E-state index in [1.807, 2.05) is 0 Å². The minimum atomic E-state index is -1.14. The summed E-state index contributed by atoms with van der Waals surface area (Å²) >= 11 is 0. The lowest BCUT2D eigenvalue weighted by Gasteiger charge is -2.27. The van der Waals surface area contributed by atoms with Crippen LogP contribution < -0.4 is 0 Å². The Bertz CT molecular complexity index is 400. The highest BCUT2D eigenvalue weighted by molar-refractivity contribution is 5.37. The van der Waals surface area contributed by atoms with Gasteiger partial charge in [0.1, 0.15) is 0 Å². The quantitative estimate of drug-likeness (QED) is 0.534. The summed E-state index contributed by atoms with van der Waals surface area (Å²) in [6, 6.07) is 0. The Morgan fingerprint density at radius 2 is 1.71 bits per heavy atom. The first kappa shape index (κ1) is 14.0. The van der Waals surface area contributed by atoms with E-state index in [4.69, 9.17) is 0 Å². The van der Waals surface area contributed by atoms with E-state index in [2.05, 4.69) is 59.5 Å². The minimum Gasteiger partial charge on any atom is -0.229 e. The molecule has 0 amide bonds. The number of allylic oxidation sites excluding steroid dienone is 4. The molecule has 1 aliphatic rings. The van der Waals surface area contributed by atoms with E-state index in [1.54, 1.807) is 6.08 Å². The van der Waals surface area contributed by atoms with Crippen molar-refractivity contribution in [3.8, 4) is 11.8 Å². The first-order valence-corrected chi connectivity index (χ1v) is 6.16. The monoisotopic (exact) mass is 234 g/mol. The highest BCUT2D eigenvalue weighted by Crippen LogP contribution is 2.34. The molecule has 0 radical (unpaired) electrons. The Labute approximate surface area is 105 Å². The molecule has 1 heteroatoms. The zero-order chi connectivity index (χ0) is 13.3. The molecule has 1 unspecified atom stereocenters. The van der Waals surface area contributed by atoms with Gasteiger partial charge < -0.3 is 0 Å². The fraction of sp³-hybridized carbons (Fsp3) is 0.625. The number of hydrogen-bond acceptors (Lipinski definition) is 0. The van der Waals surface area contributed by atoms with E-state index in [0.717, 1.165) is 5.57 Å². The molecule has 0 aromatic carbocycles. The van der Waals surface area contributed by atoms with Crippen LogP contribution in [-0.2, 0) is 0 Å². The van der Waals surface area contributed by atoms with Crippen molar-refractivity contribution in [2.24, 2.45) is 10.8 Å². The summed E-state index contributed by atoms with van der Waals surface area (Å²) in [7, 11) is 0. The van der Waals surface area contributed by atoms with Gasteiger partial charge >= 0.3 is 0 Å². The van der Waals surface area contributed by atoms with Gasteiger partial charge in [0.25, 0.3) is 0 Å². The number of halogens is 1. The van der Waals surface area contributed by atoms with Crippen LogP contribution in [0.3, 0.4) is 0 Å². The molecule has 17 heavy (non-hydrogen) atoms. The van der Waals surface area contributed by atoms with Crippen LogP contribution in [-0.4, -0.2) is 6.17 Å². The van der Waals surface area contributed by atoms with Crippen LogP contribution >= 0.6 is 0 Å². The molecule has 0 heterocycles. The Morgan fingerprint density at radius 3 is 2.18 bits per heavy atom. The predicted molar refractivity (Wildman–Crippen MR) is 72.4 cm³/mol. The third-order valence-electron chi connectivity index (χ3n) is 3.00. The minimum absolute atomic E-state index is 0.0418. The highest BCUT2D eigenvalue weighted by Gasteiger charge is 2.22. The van der Waals surface area contributed by atoms with Crippen LogP contribution in [0.5, 0.6) is 0 Å². The second kappa shape index (κ2) is 4.69. The van der Waals surface area contributed by atoms with Crippen molar-refractivity contribution in [3.05, 3.63) is 23.3 Å². The number of hydrogen-bond donors (Lipinski definition) is 0. The molecule has 1 rings (SSSR count). The van der Waals surface area contributed by atoms with Gasteiger partial charge in [0, 0.05) is 6.42 Å². The zero-order valence-electron chi connectivity index (χ0n) is 11.8. The lowest BCUT2D eigenvalue weighted by molar-refractivity contribution is 0.453. The molecule has 1 atom stereocenters. The first-order valence-electron chi connectivity index (χ1n) is 6.16. The van der Waals surface area contributed by atoms with E-state index < -0.39 is 6.17 Å². The van der Waals surface area contributed by atoms with Crippen LogP contribution in [0.15, 0.2) is 23.3 Å². The van der Waals surface area contributed by atoms with Gasteiger partial charge in [0.05, 0.1) is 0 Å². The molecule has 0 fully saturated rings. The standard InChI is InChI=1S/C16H23F/c1-15(2,3)12-8-7-9-14(17)11-13(10-12)16(4,5)6/h10-11,14H,8H2,1-6H3/b12-10+,13-11+. The van der Waals surface area contributed by atoms with Crippen molar-refractivity contribution >= 4 is 0 Å². The summed E-state index contributed by atoms with van der Waals surface area (Å²) in [5, 5.41) is 0. The van der Waals surface area contributed by atoms with Gasteiger partial charge in [-0.2, -0.15) is 0 Å². The SMILES string of the molecule is CC(C)(C)C1=C/C(F)C#CC/C(C(C)(C)C)=C\1. The van der Waals surface area contributed by atoms with Crippen LogP contribution in [0.4, 0.5) is 4.39 Å². The third kappa shape index (κ3) is 4.04. The van der Waals surface area contributed by atoms with Gasteiger partial charge in [-0.05, 0) is 22.5 Å². The Morgan fingerprint density at radius 1 is 1.12 bits per heavy atom. The van der Waals surface area contributed by atoms with Gasteiger partial charge in [0.2, 0.25) is 0 Å². The molecule has 0 spiro atoms. The smallest absolute Gasteiger partial charge is 0.179 e. The van der Waals surface area contributed by atoms with Crippen molar-refractivity contribution in [2.45, 2.75) is 54.1 Å². The summed E-state index contributed by atoms with van der Waals surface area (Å²) < 4.78 is 13.5. The summed E-state index contributed by atoms with van der Waals surface area (Å²) in [6.45, 7) is 12.9. The second-order valence-corrected chi connectivity index (χ2v) is 6.69. The van der Waals surface area contributed by atoms with E-state index in [0.29, 0.717) is 6.42 Å². The number of alkyl halides is 1. The lowest BCUT2D eigenvalue weighted by Crippen LogP contribution is -2.15. The summed E-state index contributed by atoms with van der Waals surface area (Å²) in [6.07, 6.45) is 3.32. The van der Waals surface area contributed by atoms with E-state index in [-0.39, 0.29) is 10.8 Å². The summed E-state index contributed by atoms with van der Waals surface area (Å²) in [4.78, 5) is 0. The average molecular weight is 234 g/mol. The molecule has 0 bridgehead atoms. The summed E-state index contributed by atoms with van der Waals surface area (Å²) in [5.41, 5.74) is 2.36. The van der Waals surface area contributed by atoms with Gasteiger partial charge in [-0.1, -0.05) is 65.0 Å². The van der Waals surface area contributed by atoms with Crippen LogP contribution in [0, 0.1) is 22.7 Å². The Kier molecular flexibility index (Phi) is 3.87. The molecule has 0 nitrogen and oxygen atoms in total. The molecular formula is C16H23F. The fourth-order valence-corrected chi connectivity index (χ4v) is 1.68. The normalized spacial score (nSPS) is 27.8. The van der Waals surface area contributed by atoms with Crippen LogP contribution in [0.25, 0.3) is 0 Å². The van der Waals surface area contributed by atoms with Crippen LogP contribution in [0.1, 0.15) is 48.0 Å². The van der Waals surface area contributed by atoms with Gasteiger partial charge in [-0.15, -0.1) is 0 Å². The van der Waals surface area contributed by atoms with E-state index in [1.165, 1.54) is 5.57 Å². The van der Waals surface area contributed by atoms with Crippen molar-refractivity contribution in [2.75, 3.05) is 0 Å². The van der Waals surface area contributed by atoms with Crippen molar-refractivity contribution in [3.63, 3.8) is 0 Å². The molecule has 0 aliphatic heterocycles. The molecule has 94 valence electrons. The maximum atomic E-state index is 13.5. The zero-order valence-corrected chi connectivity index (χ0v) is 11.8. The maximum Gasteiger partial charge on any atom is 0.179 e. The largest absolute Gasteiger partial charge is 0.229 e. The van der Waals surface area contributed by atoms with Crippen LogP contribution in [0.2, 0.25) is 0 Å². The molecule has 0 saturated carbocycles. The third-order valence-corrected chi connectivity index (χ3v) is 3.00. The average Bonchev–Trinajstić information content (AvgIpc) is 2.06. The number of rotatable bonds is 0. The highest BCUT2D eigenvalue weighted by atomic mass is 19.1. The molecule has 1 aliphatic carbocycles. The van der Waals surface area contributed by atoms with E-state index >= 15 is 0 Å².